The number of rotatable bonds is 17. The van der Waals surface area contributed by atoms with Gasteiger partial charge in [0.15, 0.2) is 0 Å². The molecule has 1 radical (unpaired) electrons. The Labute approximate surface area is 267 Å². The molecule has 0 unspecified atom stereocenters. The first-order chi connectivity index (χ1) is 19.1. The number of hydrogen-bond donors (Lipinski definition) is 2. The zero-order chi connectivity index (χ0) is 27.3. The van der Waals surface area contributed by atoms with Crippen molar-refractivity contribution in [3.05, 3.63) is 85.3 Å². The van der Waals surface area contributed by atoms with E-state index in [0.717, 1.165) is 72.3 Å². The van der Waals surface area contributed by atoms with Crippen molar-refractivity contribution in [3.63, 3.8) is 0 Å². The van der Waals surface area contributed by atoms with Crippen LogP contribution in [0, 0.1) is 14.4 Å². The first-order valence-corrected chi connectivity index (χ1v) is 15.0. The molecule has 41 heavy (non-hydrogen) atoms. The summed E-state index contributed by atoms with van der Waals surface area (Å²) >= 11 is 12.3. The Hall–Kier alpha value is -2.08. The molecule has 4 aromatic rings. The average Bonchev–Trinajstić information content (AvgIpc) is 2.94. The van der Waals surface area contributed by atoms with Crippen molar-refractivity contribution in [3.8, 4) is 0 Å². The number of unbranched alkanes of at least 4 members (excludes halogenated alkanes) is 7. The second kappa shape index (κ2) is 19.2. The smallest absolute Gasteiger partial charge is 0.383 e. The monoisotopic (exact) mass is 634 g/mol. The van der Waals surface area contributed by atoms with Crippen LogP contribution in [0.2, 0.25) is 10.0 Å². The quantitative estimate of drug-likeness (QED) is 0.0688. The Morgan fingerprint density at radius 3 is 1.59 bits per heavy atom. The Morgan fingerprint density at radius 1 is 0.634 bits per heavy atom. The number of pyridine rings is 2. The SMILES string of the molecule is [CH2-]CCCCCCCCCN(CCNc1ccnc2cc(Cl)ccc12)CCNc1ccnc2cc(Cl)ccc12.[CH3-].[Mn+2]. The maximum absolute atomic E-state index is 6.17. The van der Waals surface area contributed by atoms with Gasteiger partial charge in [-0.1, -0.05) is 61.7 Å². The zero-order valence-electron chi connectivity index (χ0n) is 24.1. The van der Waals surface area contributed by atoms with Gasteiger partial charge in [0.1, 0.15) is 0 Å². The molecule has 2 N–H and O–H groups in total. The third kappa shape index (κ3) is 11.3. The number of nitrogens with zero attached hydrogens (tertiary/aromatic N) is 3. The van der Waals surface area contributed by atoms with E-state index in [2.05, 4.69) is 32.4 Å². The van der Waals surface area contributed by atoms with Crippen LogP contribution in [0.3, 0.4) is 0 Å². The fraction of sp³-hybridized carbons (Fsp3) is 0.394. The van der Waals surface area contributed by atoms with Crippen LogP contribution >= 0.6 is 23.2 Å². The summed E-state index contributed by atoms with van der Waals surface area (Å²) in [5, 5.41) is 10.9. The minimum absolute atomic E-state index is 0. The van der Waals surface area contributed by atoms with E-state index in [-0.39, 0.29) is 24.5 Å². The van der Waals surface area contributed by atoms with E-state index < -0.39 is 0 Å². The second-order valence-corrected chi connectivity index (χ2v) is 10.9. The summed E-state index contributed by atoms with van der Waals surface area (Å²) in [6.45, 7) is 8.71. The maximum Gasteiger partial charge on any atom is 2.00 e. The fourth-order valence-corrected chi connectivity index (χ4v) is 5.31. The van der Waals surface area contributed by atoms with Gasteiger partial charge in [0, 0.05) is 70.8 Å². The fourth-order valence-electron chi connectivity index (χ4n) is 4.98. The molecular formula is C33H43Cl2MnN5. The van der Waals surface area contributed by atoms with E-state index in [0.29, 0.717) is 10.0 Å². The van der Waals surface area contributed by atoms with Gasteiger partial charge in [-0.25, -0.2) is 0 Å². The van der Waals surface area contributed by atoms with E-state index >= 15 is 0 Å². The molecule has 0 fully saturated rings. The molecule has 0 saturated heterocycles. The van der Waals surface area contributed by atoms with E-state index in [1.165, 1.54) is 44.9 Å². The molecule has 8 heteroatoms. The number of benzene rings is 2. The molecule has 0 aliphatic carbocycles. The molecule has 221 valence electrons. The standard InChI is InChI=1S/C32H40Cl2N5.CH3.Mn/c1-2-3-4-5-6-7-8-9-20-39(21-18-37-29-14-16-35-31-23-25(33)10-12-27(29)31)22-19-38-30-15-17-36-32-24-26(34)11-13-28(30)32;;/h10-17,23-24H,1-9,18-22H2,(H,35,37)(H,36,38);1H3;/q2*-1;+2. The normalized spacial score (nSPS) is 10.9. The van der Waals surface area contributed by atoms with Gasteiger partial charge < -0.3 is 25.0 Å². The van der Waals surface area contributed by atoms with E-state index in [4.69, 9.17) is 23.2 Å². The van der Waals surface area contributed by atoms with Crippen molar-refractivity contribution in [1.29, 1.82) is 0 Å². The first-order valence-electron chi connectivity index (χ1n) is 14.2. The van der Waals surface area contributed by atoms with Crippen LogP contribution in [0.4, 0.5) is 11.4 Å². The summed E-state index contributed by atoms with van der Waals surface area (Å²) in [5.41, 5.74) is 4.02. The van der Waals surface area contributed by atoms with Crippen molar-refractivity contribution in [2.45, 2.75) is 51.4 Å². The predicted molar refractivity (Wildman–Crippen MR) is 176 cm³/mol. The molecule has 0 saturated carbocycles. The third-order valence-electron chi connectivity index (χ3n) is 7.12. The van der Waals surface area contributed by atoms with Crippen molar-refractivity contribution in [1.82, 2.24) is 14.9 Å². The molecule has 0 aliphatic rings. The third-order valence-corrected chi connectivity index (χ3v) is 7.59. The summed E-state index contributed by atoms with van der Waals surface area (Å²) in [6.07, 6.45) is 13.8. The molecule has 5 nitrogen and oxygen atoms in total. The van der Waals surface area contributed by atoms with Crippen molar-refractivity contribution < 1.29 is 17.1 Å². The number of halogens is 2. The van der Waals surface area contributed by atoms with Gasteiger partial charge in [-0.2, -0.15) is 6.42 Å². The van der Waals surface area contributed by atoms with Crippen LogP contribution in [0.5, 0.6) is 0 Å². The molecule has 0 aliphatic heterocycles. The topological polar surface area (TPSA) is 53.1 Å². The number of aromatic nitrogens is 2. The van der Waals surface area contributed by atoms with Gasteiger partial charge >= 0.3 is 17.1 Å². The van der Waals surface area contributed by atoms with E-state index in [9.17, 15) is 0 Å². The maximum atomic E-state index is 6.17. The van der Waals surface area contributed by atoms with E-state index in [1.54, 1.807) is 0 Å². The van der Waals surface area contributed by atoms with Crippen LogP contribution in [-0.4, -0.2) is 47.6 Å². The van der Waals surface area contributed by atoms with Crippen molar-refractivity contribution >= 4 is 56.4 Å². The first kappa shape index (κ1) is 35.1. The molecule has 4 rings (SSSR count). The molecule has 0 atom stereocenters. The summed E-state index contributed by atoms with van der Waals surface area (Å²) < 4.78 is 0. The minimum atomic E-state index is 0. The van der Waals surface area contributed by atoms with Crippen LogP contribution in [0.25, 0.3) is 21.8 Å². The molecule has 0 amide bonds. The molecule has 0 spiro atoms. The van der Waals surface area contributed by atoms with Gasteiger partial charge in [0.2, 0.25) is 0 Å². The predicted octanol–water partition coefficient (Wildman–Crippen LogP) is 9.32. The number of nitrogens with one attached hydrogen (secondary N) is 2. The minimum Gasteiger partial charge on any atom is -0.383 e. The summed E-state index contributed by atoms with van der Waals surface area (Å²) in [4.78, 5) is 11.5. The van der Waals surface area contributed by atoms with Gasteiger partial charge in [-0.15, -0.1) is 0 Å². The van der Waals surface area contributed by atoms with Crippen LogP contribution in [0.1, 0.15) is 51.4 Å². The molecule has 2 aromatic carbocycles. The number of hydrogen-bond acceptors (Lipinski definition) is 5. The molecule has 2 heterocycles. The summed E-state index contributed by atoms with van der Waals surface area (Å²) in [6, 6.07) is 15.8. The Kier molecular flexibility index (Phi) is 16.4. The summed E-state index contributed by atoms with van der Waals surface area (Å²) in [5.74, 6) is 0. The van der Waals surface area contributed by atoms with Gasteiger partial charge in [-0.05, 0) is 61.5 Å². The molecule has 0 bridgehead atoms. The van der Waals surface area contributed by atoms with Crippen molar-refractivity contribution in [2.75, 3.05) is 43.4 Å². The zero-order valence-corrected chi connectivity index (χ0v) is 26.8. The number of anilines is 2. The number of fused-ring (bicyclic) bond motifs is 2. The van der Waals surface area contributed by atoms with Crippen LogP contribution < -0.4 is 10.6 Å². The summed E-state index contributed by atoms with van der Waals surface area (Å²) in [7, 11) is 0. The Balaban J connectivity index is 0.00000294. The van der Waals surface area contributed by atoms with Crippen molar-refractivity contribution in [2.24, 2.45) is 0 Å². The largest absolute Gasteiger partial charge is 2.00 e. The van der Waals surface area contributed by atoms with Crippen LogP contribution in [-0.2, 0) is 17.1 Å². The van der Waals surface area contributed by atoms with Gasteiger partial charge in [0.05, 0.1) is 11.0 Å². The molecule has 2 aromatic heterocycles. The van der Waals surface area contributed by atoms with E-state index in [1.807, 2.05) is 60.9 Å². The van der Waals surface area contributed by atoms with Gasteiger partial charge in [0.25, 0.3) is 0 Å². The second-order valence-electron chi connectivity index (χ2n) is 10.1. The Morgan fingerprint density at radius 2 is 1.10 bits per heavy atom. The van der Waals surface area contributed by atoms with Gasteiger partial charge in [-0.3, -0.25) is 14.9 Å². The van der Waals surface area contributed by atoms with Crippen LogP contribution in [0.15, 0.2) is 60.9 Å². The average molecular weight is 636 g/mol. The Bertz CT molecular complexity index is 1230. The molecular weight excluding hydrogens is 592 g/mol.